The third-order valence-corrected chi connectivity index (χ3v) is 0.516. The van der Waals surface area contributed by atoms with Crippen molar-refractivity contribution in [1.82, 2.24) is 0 Å². The van der Waals surface area contributed by atoms with E-state index in [9.17, 15) is 4.57 Å². The van der Waals surface area contributed by atoms with E-state index in [2.05, 4.69) is 34.2 Å². The lowest BCUT2D eigenvalue weighted by Gasteiger charge is -1.65. The molecule has 8 heavy (non-hydrogen) atoms. The normalized spacial score (nSPS) is 6.75. The summed E-state index contributed by atoms with van der Waals surface area (Å²) < 4.78 is 16.8. The average Bonchev–Trinajstić information content (AvgIpc) is 1.91. The molecule has 4 N–H and O–H groups in total. The molecule has 48 valence electrons. The molecule has 0 aliphatic rings. The first kappa shape index (κ1) is 10.6. The van der Waals surface area contributed by atoms with Crippen molar-refractivity contribution in [2.75, 3.05) is 0 Å². The van der Waals surface area contributed by atoms with Crippen LogP contribution in [0.25, 0.3) is 0 Å². The van der Waals surface area contributed by atoms with E-state index in [0.717, 1.165) is 0 Å². The summed E-state index contributed by atoms with van der Waals surface area (Å²) in [5, 5.41) is 0. The van der Waals surface area contributed by atoms with E-state index in [1.807, 2.05) is 0 Å². The summed E-state index contributed by atoms with van der Waals surface area (Å²) in [5.41, 5.74) is 0. The molecule has 0 aliphatic carbocycles. The Bertz CT molecular complexity index is 62.3. The molecule has 6 heteroatoms. The zero-order chi connectivity index (χ0) is 6.99. The molecule has 0 fully saturated rings. The van der Waals surface area contributed by atoms with Crippen molar-refractivity contribution in [1.29, 1.82) is 0 Å². The predicted octanol–water partition coefficient (Wildman–Crippen LogP) is 0.227. The fraction of sp³-hybridized carbons (Fsp3) is 0. The highest BCUT2D eigenvalue weighted by Crippen LogP contribution is 2.14. The fourth-order valence-electron chi connectivity index (χ4n) is 0.0248. The lowest BCUT2D eigenvalue weighted by atomic mass is 11.3. The summed E-state index contributed by atoms with van der Waals surface area (Å²) >= 11 is 0. The van der Waals surface area contributed by atoms with Crippen molar-refractivity contribution < 1.29 is 13.8 Å². The smallest absolute Gasteiger partial charge is 0.162 e. The van der Waals surface area contributed by atoms with Crippen LogP contribution in [0.2, 0.25) is 0 Å². The first-order chi connectivity index (χ1) is 3.81. The Morgan fingerprint density at radius 3 is 1.50 bits per heavy atom. The van der Waals surface area contributed by atoms with Crippen molar-refractivity contribution in [2.45, 2.75) is 0 Å². The standard InChI is InChI=1S/C2H4.H4N2O3P/c1-2;1-4-6(3)5-2/h1-2H2;1-2H2/q;+1. The topological polar surface area (TPSA) is 87.6 Å². The average molecular weight is 139 g/mol. The minimum absolute atomic E-state index is 2.27. The van der Waals surface area contributed by atoms with Crippen LogP contribution < -0.4 is 11.8 Å². The molecule has 0 atom stereocenters. The number of rotatable bonds is 2. The zero-order valence-corrected chi connectivity index (χ0v) is 5.14. The van der Waals surface area contributed by atoms with Crippen molar-refractivity contribution in [3.05, 3.63) is 13.2 Å². The van der Waals surface area contributed by atoms with Crippen LogP contribution in [0.4, 0.5) is 0 Å². The second-order valence-electron chi connectivity index (χ2n) is 0.434. The molecule has 0 aliphatic heterocycles. The first-order valence-electron chi connectivity index (χ1n) is 1.52. The van der Waals surface area contributed by atoms with Crippen LogP contribution in [0, 0.1) is 0 Å². The predicted molar refractivity (Wildman–Crippen MR) is 29.4 cm³/mol. The van der Waals surface area contributed by atoms with Gasteiger partial charge in [-0.1, -0.05) is 0 Å². The Balaban J connectivity index is 0. The maximum atomic E-state index is 9.63. The van der Waals surface area contributed by atoms with Crippen molar-refractivity contribution >= 4 is 8.25 Å². The quantitative estimate of drug-likeness (QED) is 0.324. The van der Waals surface area contributed by atoms with Crippen molar-refractivity contribution in [3.8, 4) is 0 Å². The van der Waals surface area contributed by atoms with E-state index in [-0.39, 0.29) is 0 Å². The molecule has 0 saturated heterocycles. The molecule has 0 rings (SSSR count). The summed E-state index contributed by atoms with van der Waals surface area (Å²) in [5.74, 6) is 8.59. The molecule has 0 saturated carbocycles. The summed E-state index contributed by atoms with van der Waals surface area (Å²) in [7, 11) is -2.27. The summed E-state index contributed by atoms with van der Waals surface area (Å²) in [6.07, 6.45) is 0. The van der Waals surface area contributed by atoms with Gasteiger partial charge in [0, 0.05) is 4.57 Å². The van der Waals surface area contributed by atoms with E-state index in [1.165, 1.54) is 0 Å². The Kier molecular flexibility index (Phi) is 13.1. The van der Waals surface area contributed by atoms with Gasteiger partial charge in [-0.25, -0.2) is 0 Å². The van der Waals surface area contributed by atoms with E-state index < -0.39 is 8.25 Å². The second-order valence-corrected chi connectivity index (χ2v) is 1.30. The Hall–Kier alpha value is -0.320. The zero-order valence-electron chi connectivity index (χ0n) is 4.24. The SMILES string of the molecule is C=C.NO[P+](=O)ON. The van der Waals surface area contributed by atoms with Gasteiger partial charge in [-0.05, 0) is 9.25 Å². The van der Waals surface area contributed by atoms with Gasteiger partial charge in [0.05, 0.1) is 0 Å². The molecule has 0 heterocycles. The molecule has 0 unspecified atom stereocenters. The van der Waals surface area contributed by atoms with Gasteiger partial charge in [0.15, 0.2) is 0 Å². The van der Waals surface area contributed by atoms with E-state index in [4.69, 9.17) is 0 Å². The van der Waals surface area contributed by atoms with Gasteiger partial charge in [0.2, 0.25) is 0 Å². The van der Waals surface area contributed by atoms with Crippen molar-refractivity contribution in [3.63, 3.8) is 0 Å². The molecule has 0 bridgehead atoms. The molecule has 0 amide bonds. The van der Waals surface area contributed by atoms with Crippen LogP contribution in [-0.2, 0) is 13.8 Å². The maximum absolute atomic E-state index is 9.63. The van der Waals surface area contributed by atoms with Gasteiger partial charge in [-0.2, -0.15) is 11.8 Å². The minimum Gasteiger partial charge on any atom is -0.162 e. The highest BCUT2D eigenvalue weighted by molar-refractivity contribution is 7.33. The number of nitrogens with two attached hydrogens (primary N) is 2. The van der Waals surface area contributed by atoms with Crippen LogP contribution in [-0.4, -0.2) is 0 Å². The lowest BCUT2D eigenvalue weighted by Crippen LogP contribution is -1.94. The molecule has 5 nitrogen and oxygen atoms in total. The number of hydrogen-bond acceptors (Lipinski definition) is 5. The summed E-state index contributed by atoms with van der Waals surface area (Å²) in [6.45, 7) is 6.00. The molecule has 0 radical (unpaired) electrons. The Labute approximate surface area is 48.1 Å². The monoisotopic (exact) mass is 139 g/mol. The molecular formula is C2H8N2O3P+. The lowest BCUT2D eigenvalue weighted by molar-refractivity contribution is 0.234. The van der Waals surface area contributed by atoms with Gasteiger partial charge >= 0.3 is 8.25 Å². The highest BCUT2D eigenvalue weighted by Gasteiger charge is 2.13. The van der Waals surface area contributed by atoms with Crippen LogP contribution in [0.1, 0.15) is 0 Å². The molecular weight excluding hydrogens is 131 g/mol. The molecule has 0 aromatic carbocycles. The second kappa shape index (κ2) is 9.84. The summed E-state index contributed by atoms with van der Waals surface area (Å²) in [6, 6.07) is 0. The summed E-state index contributed by atoms with van der Waals surface area (Å²) in [4.78, 5) is 0. The highest BCUT2D eigenvalue weighted by atomic mass is 31.1. The van der Waals surface area contributed by atoms with Gasteiger partial charge < -0.3 is 0 Å². The largest absolute Gasteiger partial charge is 0.734 e. The van der Waals surface area contributed by atoms with Gasteiger partial charge in [-0.3, -0.25) is 0 Å². The first-order valence-corrected chi connectivity index (χ1v) is 2.61. The number of hydrogen-bond donors (Lipinski definition) is 2. The molecule has 0 aromatic heterocycles. The fourth-order valence-corrected chi connectivity index (χ4v) is 0.0745. The molecule has 0 spiro atoms. The van der Waals surface area contributed by atoms with E-state index in [0.29, 0.717) is 0 Å². The van der Waals surface area contributed by atoms with Crippen molar-refractivity contribution in [2.24, 2.45) is 11.8 Å². The van der Waals surface area contributed by atoms with Gasteiger partial charge in [-0.15, -0.1) is 13.2 Å². The van der Waals surface area contributed by atoms with E-state index >= 15 is 0 Å². The van der Waals surface area contributed by atoms with Crippen LogP contribution in [0.3, 0.4) is 0 Å². The van der Waals surface area contributed by atoms with Gasteiger partial charge in [0.1, 0.15) is 0 Å². The third kappa shape index (κ3) is 9.19. The van der Waals surface area contributed by atoms with E-state index in [1.54, 1.807) is 0 Å². The van der Waals surface area contributed by atoms with Crippen LogP contribution >= 0.6 is 8.25 Å². The Morgan fingerprint density at radius 1 is 1.25 bits per heavy atom. The Morgan fingerprint density at radius 2 is 1.50 bits per heavy atom. The minimum atomic E-state index is -2.27. The molecule has 0 aromatic rings. The third-order valence-electron chi connectivity index (χ3n) is 0.172. The maximum Gasteiger partial charge on any atom is 0.734 e. The van der Waals surface area contributed by atoms with Gasteiger partial charge in [0.25, 0.3) is 0 Å². The van der Waals surface area contributed by atoms with Crippen LogP contribution in [0.15, 0.2) is 13.2 Å². The van der Waals surface area contributed by atoms with Crippen LogP contribution in [0.5, 0.6) is 0 Å².